The van der Waals surface area contributed by atoms with Crippen LogP contribution in [0, 0.1) is 0 Å². The number of benzene rings is 3. The molecule has 1 unspecified atom stereocenters. The van der Waals surface area contributed by atoms with Crippen LogP contribution in [-0.2, 0) is 9.53 Å². The van der Waals surface area contributed by atoms with Gasteiger partial charge in [-0.05, 0) is 59.9 Å². The Morgan fingerprint density at radius 1 is 1.00 bits per heavy atom. The molecular formula is C31H28N2O4S. The first-order valence-corrected chi connectivity index (χ1v) is 13.2. The number of fused-ring (bicyclic) bond motifs is 1. The molecule has 1 aliphatic rings. The highest BCUT2D eigenvalue weighted by Crippen LogP contribution is 2.31. The standard InChI is InChI=1S/C31H28N2O4S/c1-19(2)22-13-15-23(16-14-22)28-27(30(35)36-4)20(3)32-31-33(28)29(34)26(38-31)18-21-9-8-12-25(17-21)37-24-10-6-5-7-11-24/h5-19,28H,1-4H3/b26-18+. The van der Waals surface area contributed by atoms with Gasteiger partial charge in [-0.25, -0.2) is 9.79 Å². The third kappa shape index (κ3) is 4.97. The molecule has 0 amide bonds. The van der Waals surface area contributed by atoms with E-state index in [2.05, 4.69) is 18.8 Å². The molecule has 0 N–H and O–H groups in total. The zero-order chi connectivity index (χ0) is 26.8. The van der Waals surface area contributed by atoms with Crippen LogP contribution in [0.4, 0.5) is 0 Å². The summed E-state index contributed by atoms with van der Waals surface area (Å²) < 4.78 is 13.2. The summed E-state index contributed by atoms with van der Waals surface area (Å²) in [6, 6.07) is 24.5. The van der Waals surface area contributed by atoms with Gasteiger partial charge in [-0.1, -0.05) is 79.8 Å². The van der Waals surface area contributed by atoms with Gasteiger partial charge < -0.3 is 9.47 Å². The lowest BCUT2D eigenvalue weighted by molar-refractivity contribution is -0.136. The number of hydrogen-bond acceptors (Lipinski definition) is 6. The van der Waals surface area contributed by atoms with Crippen molar-refractivity contribution in [2.24, 2.45) is 4.99 Å². The molecule has 0 fully saturated rings. The van der Waals surface area contributed by atoms with E-state index in [1.54, 1.807) is 11.5 Å². The minimum atomic E-state index is -0.630. The van der Waals surface area contributed by atoms with Crippen molar-refractivity contribution in [2.45, 2.75) is 32.7 Å². The van der Waals surface area contributed by atoms with E-state index in [0.717, 1.165) is 16.9 Å². The first-order chi connectivity index (χ1) is 18.4. The van der Waals surface area contributed by atoms with Crippen LogP contribution in [-0.4, -0.2) is 17.6 Å². The molecule has 3 aromatic carbocycles. The van der Waals surface area contributed by atoms with Gasteiger partial charge in [0.2, 0.25) is 0 Å². The topological polar surface area (TPSA) is 69.9 Å². The second-order valence-electron chi connectivity index (χ2n) is 9.38. The lowest BCUT2D eigenvalue weighted by atomic mass is 9.93. The molecule has 0 aliphatic carbocycles. The van der Waals surface area contributed by atoms with Crippen molar-refractivity contribution in [1.29, 1.82) is 0 Å². The van der Waals surface area contributed by atoms with Crippen LogP contribution in [0.1, 0.15) is 49.4 Å². The second kappa shape index (κ2) is 10.6. The summed E-state index contributed by atoms with van der Waals surface area (Å²) in [5.41, 5.74) is 3.53. The van der Waals surface area contributed by atoms with E-state index in [1.165, 1.54) is 24.0 Å². The van der Waals surface area contributed by atoms with Crippen molar-refractivity contribution in [3.63, 3.8) is 0 Å². The van der Waals surface area contributed by atoms with Gasteiger partial charge in [-0.3, -0.25) is 9.36 Å². The molecule has 0 saturated heterocycles. The maximum atomic E-state index is 13.8. The zero-order valence-electron chi connectivity index (χ0n) is 21.7. The monoisotopic (exact) mass is 524 g/mol. The molecule has 38 heavy (non-hydrogen) atoms. The van der Waals surface area contributed by atoms with Gasteiger partial charge in [0.05, 0.1) is 29.0 Å². The van der Waals surface area contributed by atoms with Gasteiger partial charge in [-0.15, -0.1) is 0 Å². The predicted octanol–water partition coefficient (Wildman–Crippen LogP) is 5.32. The summed E-state index contributed by atoms with van der Waals surface area (Å²) in [6.07, 6.45) is 1.83. The molecule has 7 heteroatoms. The Labute approximate surface area is 224 Å². The lowest BCUT2D eigenvalue weighted by Gasteiger charge is -2.24. The highest BCUT2D eigenvalue weighted by atomic mass is 32.1. The molecule has 0 spiro atoms. The van der Waals surface area contributed by atoms with Gasteiger partial charge in [0.1, 0.15) is 11.5 Å². The van der Waals surface area contributed by atoms with E-state index in [-0.39, 0.29) is 5.56 Å². The third-order valence-electron chi connectivity index (χ3n) is 6.48. The van der Waals surface area contributed by atoms with Crippen LogP contribution in [0.15, 0.2) is 99.9 Å². The van der Waals surface area contributed by atoms with Gasteiger partial charge in [0, 0.05) is 0 Å². The highest BCUT2D eigenvalue weighted by Gasteiger charge is 2.33. The number of esters is 1. The van der Waals surface area contributed by atoms with E-state index in [1.807, 2.05) is 84.9 Å². The minimum Gasteiger partial charge on any atom is -0.466 e. The number of hydrogen-bond donors (Lipinski definition) is 0. The molecule has 0 bridgehead atoms. The maximum absolute atomic E-state index is 13.8. The molecule has 6 nitrogen and oxygen atoms in total. The SMILES string of the molecule is COC(=O)C1=C(C)N=c2s/c(=C/c3cccc(Oc4ccccc4)c3)c(=O)n2C1c1ccc(C(C)C)cc1. The number of carbonyl (C=O) groups is 1. The van der Waals surface area contributed by atoms with Crippen LogP contribution in [0.3, 0.4) is 0 Å². The fourth-order valence-corrected chi connectivity index (χ4v) is 5.56. The molecule has 1 aliphatic heterocycles. The predicted molar refractivity (Wildman–Crippen MR) is 149 cm³/mol. The van der Waals surface area contributed by atoms with Crippen molar-refractivity contribution in [2.75, 3.05) is 7.11 Å². The Morgan fingerprint density at radius 2 is 1.71 bits per heavy atom. The van der Waals surface area contributed by atoms with E-state index in [9.17, 15) is 9.59 Å². The summed E-state index contributed by atoms with van der Waals surface area (Å²) >= 11 is 1.30. The molecule has 4 aromatic rings. The Bertz CT molecular complexity index is 1700. The zero-order valence-corrected chi connectivity index (χ0v) is 22.5. The van der Waals surface area contributed by atoms with Crippen molar-refractivity contribution in [3.05, 3.63) is 127 Å². The number of carbonyl (C=O) groups excluding carboxylic acids is 1. The average Bonchev–Trinajstić information content (AvgIpc) is 3.22. The molecule has 1 aromatic heterocycles. The van der Waals surface area contributed by atoms with Gasteiger partial charge in [0.25, 0.3) is 5.56 Å². The van der Waals surface area contributed by atoms with Crippen LogP contribution < -0.4 is 19.6 Å². The van der Waals surface area contributed by atoms with Crippen LogP contribution >= 0.6 is 11.3 Å². The van der Waals surface area contributed by atoms with E-state index in [4.69, 9.17) is 9.47 Å². The van der Waals surface area contributed by atoms with Crippen molar-refractivity contribution in [1.82, 2.24) is 4.57 Å². The summed E-state index contributed by atoms with van der Waals surface area (Å²) in [7, 11) is 1.34. The fraction of sp³-hybridized carbons (Fsp3) is 0.194. The highest BCUT2D eigenvalue weighted by molar-refractivity contribution is 7.07. The van der Waals surface area contributed by atoms with E-state index in [0.29, 0.717) is 32.3 Å². The number of aromatic nitrogens is 1. The normalized spacial score (nSPS) is 15.3. The smallest absolute Gasteiger partial charge is 0.338 e. The Balaban J connectivity index is 1.61. The number of methoxy groups -OCH3 is 1. The maximum Gasteiger partial charge on any atom is 0.338 e. The number of thiazole rings is 1. The summed E-state index contributed by atoms with van der Waals surface area (Å²) in [5.74, 6) is 1.28. The minimum absolute atomic E-state index is 0.213. The fourth-order valence-electron chi connectivity index (χ4n) is 4.52. The Morgan fingerprint density at radius 3 is 2.39 bits per heavy atom. The molecule has 0 radical (unpaired) electrons. The third-order valence-corrected chi connectivity index (χ3v) is 7.46. The average molecular weight is 525 g/mol. The number of nitrogens with zero attached hydrogens (tertiary/aromatic N) is 2. The Hall–Kier alpha value is -4.23. The first-order valence-electron chi connectivity index (χ1n) is 12.4. The first kappa shape index (κ1) is 25.4. The van der Waals surface area contributed by atoms with Gasteiger partial charge >= 0.3 is 5.97 Å². The number of allylic oxidation sites excluding steroid dienone is 1. The molecule has 2 heterocycles. The lowest BCUT2D eigenvalue weighted by Crippen LogP contribution is -2.39. The summed E-state index contributed by atoms with van der Waals surface area (Å²) in [6.45, 7) is 6.03. The van der Waals surface area contributed by atoms with Crippen LogP contribution in [0.25, 0.3) is 6.08 Å². The summed E-state index contributed by atoms with van der Waals surface area (Å²) in [5, 5.41) is 0. The van der Waals surface area contributed by atoms with Gasteiger partial charge in [0.15, 0.2) is 4.80 Å². The van der Waals surface area contributed by atoms with Crippen molar-refractivity contribution in [3.8, 4) is 11.5 Å². The molecule has 5 rings (SSSR count). The van der Waals surface area contributed by atoms with Crippen LogP contribution in [0.5, 0.6) is 11.5 Å². The van der Waals surface area contributed by atoms with E-state index < -0.39 is 12.0 Å². The van der Waals surface area contributed by atoms with Crippen molar-refractivity contribution < 1.29 is 14.3 Å². The Kier molecular flexibility index (Phi) is 7.11. The summed E-state index contributed by atoms with van der Waals surface area (Å²) in [4.78, 5) is 31.8. The number of rotatable bonds is 6. The number of ether oxygens (including phenoxy) is 2. The largest absolute Gasteiger partial charge is 0.466 e. The molecule has 192 valence electrons. The molecule has 1 atom stereocenters. The molecular weight excluding hydrogens is 496 g/mol. The van der Waals surface area contributed by atoms with Crippen LogP contribution in [0.2, 0.25) is 0 Å². The second-order valence-corrected chi connectivity index (χ2v) is 10.4. The quantitative estimate of drug-likeness (QED) is 0.320. The van der Waals surface area contributed by atoms with Crippen molar-refractivity contribution >= 4 is 23.4 Å². The van der Waals surface area contributed by atoms with Gasteiger partial charge in [-0.2, -0.15) is 0 Å². The number of para-hydroxylation sites is 1. The van der Waals surface area contributed by atoms with E-state index >= 15 is 0 Å². The molecule has 0 saturated carbocycles.